The summed E-state index contributed by atoms with van der Waals surface area (Å²) in [5.41, 5.74) is 1.49. The molecular formula is C21H21NO4. The minimum absolute atomic E-state index is 0.0328. The molecule has 0 radical (unpaired) electrons. The maximum atomic E-state index is 12.5. The molecule has 1 amide bonds. The highest BCUT2D eigenvalue weighted by Gasteiger charge is 2.14. The fourth-order valence-corrected chi connectivity index (χ4v) is 2.66. The summed E-state index contributed by atoms with van der Waals surface area (Å²) in [5.74, 6) is 0.534. The van der Waals surface area contributed by atoms with E-state index in [-0.39, 0.29) is 5.56 Å². The van der Waals surface area contributed by atoms with E-state index in [1.54, 1.807) is 18.2 Å². The summed E-state index contributed by atoms with van der Waals surface area (Å²) in [4.78, 5) is 24.7. The van der Waals surface area contributed by atoms with Crippen molar-refractivity contribution in [3.8, 4) is 5.75 Å². The van der Waals surface area contributed by atoms with Gasteiger partial charge in [0.2, 0.25) is 0 Å². The summed E-state index contributed by atoms with van der Waals surface area (Å²) in [7, 11) is 0. The van der Waals surface area contributed by atoms with Crippen molar-refractivity contribution in [3.63, 3.8) is 0 Å². The van der Waals surface area contributed by atoms with Crippen LogP contribution in [-0.2, 0) is 0 Å². The molecule has 5 nitrogen and oxygen atoms in total. The van der Waals surface area contributed by atoms with Crippen LogP contribution in [0, 0.1) is 0 Å². The van der Waals surface area contributed by atoms with Gasteiger partial charge in [0.1, 0.15) is 16.9 Å². The van der Waals surface area contributed by atoms with Crippen LogP contribution >= 0.6 is 0 Å². The average Bonchev–Trinajstić information content (AvgIpc) is 2.61. The molecule has 1 aromatic heterocycles. The first-order chi connectivity index (χ1) is 12.5. The van der Waals surface area contributed by atoms with E-state index in [4.69, 9.17) is 9.15 Å². The summed E-state index contributed by atoms with van der Waals surface area (Å²) < 4.78 is 10.7. The Labute approximate surface area is 151 Å². The van der Waals surface area contributed by atoms with Crippen molar-refractivity contribution >= 4 is 22.6 Å². The first kappa shape index (κ1) is 17.7. The van der Waals surface area contributed by atoms with E-state index in [1.165, 1.54) is 11.6 Å². The van der Waals surface area contributed by atoms with Crippen molar-refractivity contribution in [2.75, 3.05) is 11.9 Å². The molecule has 0 spiro atoms. The minimum Gasteiger partial charge on any atom is -0.494 e. The van der Waals surface area contributed by atoms with Gasteiger partial charge in [-0.2, -0.15) is 0 Å². The molecule has 0 aliphatic carbocycles. The number of benzene rings is 2. The summed E-state index contributed by atoms with van der Waals surface area (Å²) in [6.07, 6.45) is 0. The minimum atomic E-state index is -0.678. The molecule has 1 N–H and O–H groups in total. The largest absolute Gasteiger partial charge is 0.494 e. The molecule has 2 aromatic carbocycles. The number of ether oxygens (including phenoxy) is 1. The Morgan fingerprint density at radius 1 is 1.12 bits per heavy atom. The van der Waals surface area contributed by atoms with Gasteiger partial charge < -0.3 is 14.5 Å². The number of carbonyl (C=O) groups excluding carboxylic acids is 1. The number of hydrogen-bond acceptors (Lipinski definition) is 4. The van der Waals surface area contributed by atoms with Crippen molar-refractivity contribution in [1.82, 2.24) is 0 Å². The molecule has 0 atom stereocenters. The van der Waals surface area contributed by atoms with Crippen molar-refractivity contribution in [3.05, 3.63) is 70.1 Å². The number of hydrogen-bond donors (Lipinski definition) is 1. The Kier molecular flexibility index (Phi) is 5.07. The van der Waals surface area contributed by atoms with Crippen LogP contribution in [0.1, 0.15) is 42.6 Å². The van der Waals surface area contributed by atoms with Crippen LogP contribution in [-0.4, -0.2) is 12.5 Å². The lowest BCUT2D eigenvalue weighted by molar-refractivity contribution is 0.102. The fourth-order valence-electron chi connectivity index (χ4n) is 2.66. The number of amides is 1. The van der Waals surface area contributed by atoms with Crippen LogP contribution < -0.4 is 15.7 Å². The summed E-state index contributed by atoms with van der Waals surface area (Å²) in [5, 5.41) is 3.40. The number of fused-ring (bicyclic) bond motifs is 1. The van der Waals surface area contributed by atoms with E-state index < -0.39 is 11.5 Å². The van der Waals surface area contributed by atoms with E-state index in [9.17, 15) is 9.59 Å². The van der Waals surface area contributed by atoms with Crippen LogP contribution in [0.5, 0.6) is 5.75 Å². The topological polar surface area (TPSA) is 68.5 Å². The monoisotopic (exact) mass is 351 g/mol. The zero-order valence-corrected chi connectivity index (χ0v) is 15.0. The van der Waals surface area contributed by atoms with Gasteiger partial charge in [0, 0.05) is 17.1 Å². The van der Waals surface area contributed by atoms with Crippen LogP contribution in [0.2, 0.25) is 0 Å². The van der Waals surface area contributed by atoms with Crippen molar-refractivity contribution in [2.24, 2.45) is 0 Å². The van der Waals surface area contributed by atoms with E-state index in [0.717, 1.165) is 0 Å². The Hall–Kier alpha value is -3.08. The van der Waals surface area contributed by atoms with Gasteiger partial charge in [0.05, 0.1) is 6.61 Å². The van der Waals surface area contributed by atoms with Gasteiger partial charge in [-0.3, -0.25) is 4.79 Å². The zero-order chi connectivity index (χ0) is 18.7. The van der Waals surface area contributed by atoms with E-state index in [2.05, 4.69) is 19.2 Å². The maximum Gasteiger partial charge on any atom is 0.349 e. The molecule has 0 unspecified atom stereocenters. The van der Waals surface area contributed by atoms with Gasteiger partial charge >= 0.3 is 5.63 Å². The predicted octanol–water partition coefficient (Wildman–Crippen LogP) is 4.57. The lowest BCUT2D eigenvalue weighted by Gasteiger charge is -2.09. The number of rotatable bonds is 5. The molecule has 0 saturated carbocycles. The molecular weight excluding hydrogens is 330 g/mol. The first-order valence-electron chi connectivity index (χ1n) is 8.60. The van der Waals surface area contributed by atoms with Crippen LogP contribution in [0.4, 0.5) is 5.69 Å². The quantitative estimate of drug-likeness (QED) is 0.684. The number of anilines is 1. The third-order valence-corrected chi connectivity index (χ3v) is 4.10. The molecule has 26 heavy (non-hydrogen) atoms. The second kappa shape index (κ2) is 7.44. The molecule has 1 heterocycles. The lowest BCUT2D eigenvalue weighted by atomic mass is 10.0. The van der Waals surface area contributed by atoms with Gasteiger partial charge in [-0.05, 0) is 48.7 Å². The molecule has 3 rings (SSSR count). The lowest BCUT2D eigenvalue weighted by Crippen LogP contribution is -2.20. The summed E-state index contributed by atoms with van der Waals surface area (Å²) >= 11 is 0. The molecule has 134 valence electrons. The normalized spacial score (nSPS) is 10.9. The molecule has 3 aromatic rings. The van der Waals surface area contributed by atoms with E-state index in [0.29, 0.717) is 34.9 Å². The fraction of sp³-hybridized carbons (Fsp3) is 0.238. The zero-order valence-electron chi connectivity index (χ0n) is 15.0. The second-order valence-electron chi connectivity index (χ2n) is 6.31. The van der Waals surface area contributed by atoms with Crippen LogP contribution in [0.15, 0.2) is 57.7 Å². The van der Waals surface area contributed by atoms with Crippen molar-refractivity contribution in [1.29, 1.82) is 0 Å². The van der Waals surface area contributed by atoms with Crippen molar-refractivity contribution in [2.45, 2.75) is 26.7 Å². The summed E-state index contributed by atoms with van der Waals surface area (Å²) in [6.45, 7) is 6.60. The Morgan fingerprint density at radius 2 is 1.85 bits per heavy atom. The SMILES string of the molecule is CCOc1ccc2cc(C(=O)Nc3ccc(C(C)C)cc3)c(=O)oc2c1. The molecule has 0 aliphatic rings. The highest BCUT2D eigenvalue weighted by Crippen LogP contribution is 2.21. The molecule has 0 saturated heterocycles. The Bertz CT molecular complexity index is 987. The number of nitrogens with one attached hydrogen (secondary N) is 1. The third-order valence-electron chi connectivity index (χ3n) is 4.10. The second-order valence-corrected chi connectivity index (χ2v) is 6.31. The smallest absolute Gasteiger partial charge is 0.349 e. The molecule has 0 aliphatic heterocycles. The average molecular weight is 351 g/mol. The van der Waals surface area contributed by atoms with Crippen molar-refractivity contribution < 1.29 is 13.9 Å². The van der Waals surface area contributed by atoms with Gasteiger partial charge in [0.25, 0.3) is 5.91 Å². The van der Waals surface area contributed by atoms with Gasteiger partial charge in [-0.25, -0.2) is 4.79 Å². The predicted molar refractivity (Wildman–Crippen MR) is 102 cm³/mol. The third kappa shape index (κ3) is 3.77. The first-order valence-corrected chi connectivity index (χ1v) is 8.60. The molecule has 0 fully saturated rings. The Morgan fingerprint density at radius 3 is 2.50 bits per heavy atom. The molecule has 0 bridgehead atoms. The number of carbonyl (C=O) groups is 1. The van der Waals surface area contributed by atoms with E-state index >= 15 is 0 Å². The highest BCUT2D eigenvalue weighted by molar-refractivity contribution is 6.05. The highest BCUT2D eigenvalue weighted by atomic mass is 16.5. The maximum absolute atomic E-state index is 12.5. The van der Waals surface area contributed by atoms with Gasteiger partial charge in [0.15, 0.2) is 0 Å². The van der Waals surface area contributed by atoms with E-state index in [1.807, 2.05) is 31.2 Å². The molecule has 5 heteroatoms. The van der Waals surface area contributed by atoms with Crippen LogP contribution in [0.3, 0.4) is 0 Å². The van der Waals surface area contributed by atoms with Crippen LogP contribution in [0.25, 0.3) is 11.0 Å². The van der Waals surface area contributed by atoms with Gasteiger partial charge in [-0.1, -0.05) is 26.0 Å². The Balaban J connectivity index is 1.86. The standard InChI is InChI=1S/C21H21NO4/c1-4-25-17-10-7-15-11-18(21(24)26-19(15)12-17)20(23)22-16-8-5-14(6-9-16)13(2)3/h5-13H,4H2,1-3H3,(H,22,23). The van der Waals surface area contributed by atoms with Gasteiger partial charge in [-0.15, -0.1) is 0 Å². The summed E-state index contributed by atoms with van der Waals surface area (Å²) in [6, 6.07) is 14.3.